The molecule has 1 heterocycles. The second kappa shape index (κ2) is 4.72. The second-order valence-electron chi connectivity index (χ2n) is 4.47. The van der Waals surface area contributed by atoms with Crippen LogP contribution in [-0.2, 0) is 0 Å². The first kappa shape index (κ1) is 12.5. The largest absolute Gasteiger partial charge is 0.493 e. The van der Waals surface area contributed by atoms with Gasteiger partial charge in [-0.2, -0.15) is 0 Å². The first-order valence-electron chi connectivity index (χ1n) is 5.86. The predicted molar refractivity (Wildman–Crippen MR) is 71.8 cm³/mol. The van der Waals surface area contributed by atoms with Crippen LogP contribution in [0.2, 0.25) is 0 Å². The van der Waals surface area contributed by atoms with Crippen LogP contribution in [0.25, 0.3) is 10.9 Å². The third-order valence-corrected chi connectivity index (χ3v) is 3.01. The lowest BCUT2D eigenvalue weighted by atomic mass is 10.0. The van der Waals surface area contributed by atoms with Crippen molar-refractivity contribution in [2.45, 2.75) is 19.8 Å². The second-order valence-corrected chi connectivity index (χ2v) is 4.47. The van der Waals surface area contributed by atoms with E-state index in [-0.39, 0.29) is 11.5 Å². The maximum Gasteiger partial charge on any atom is 0.251 e. The van der Waals surface area contributed by atoms with Crippen LogP contribution in [-0.4, -0.2) is 19.2 Å². The van der Waals surface area contributed by atoms with Crippen LogP contribution in [0.1, 0.15) is 25.3 Å². The molecule has 1 aromatic heterocycles. The summed E-state index contributed by atoms with van der Waals surface area (Å²) in [4.78, 5) is 14.9. The summed E-state index contributed by atoms with van der Waals surface area (Å²) < 4.78 is 10.5. The smallest absolute Gasteiger partial charge is 0.251 e. The molecule has 0 saturated heterocycles. The summed E-state index contributed by atoms with van der Waals surface area (Å²) in [5, 5.41) is 0.941. The summed E-state index contributed by atoms with van der Waals surface area (Å²) in [7, 11) is 3.14. The van der Waals surface area contributed by atoms with Gasteiger partial charge in [0.05, 0.1) is 19.7 Å². The zero-order chi connectivity index (χ0) is 13.3. The lowest BCUT2D eigenvalue weighted by Crippen LogP contribution is -2.13. The molecule has 0 aliphatic rings. The van der Waals surface area contributed by atoms with E-state index in [0.717, 1.165) is 10.9 Å². The highest BCUT2D eigenvalue weighted by atomic mass is 16.5. The highest BCUT2D eigenvalue weighted by Crippen LogP contribution is 2.33. The van der Waals surface area contributed by atoms with Crippen LogP contribution in [0.15, 0.2) is 23.0 Å². The molecule has 2 aromatic rings. The Balaban J connectivity index is 2.80. The van der Waals surface area contributed by atoms with Gasteiger partial charge in [-0.05, 0) is 24.1 Å². The fourth-order valence-corrected chi connectivity index (χ4v) is 2.04. The van der Waals surface area contributed by atoms with Crippen LogP contribution in [0.4, 0.5) is 0 Å². The summed E-state index contributed by atoms with van der Waals surface area (Å²) >= 11 is 0. The van der Waals surface area contributed by atoms with Gasteiger partial charge < -0.3 is 14.5 Å². The van der Waals surface area contributed by atoms with Crippen molar-refractivity contribution >= 4 is 10.9 Å². The van der Waals surface area contributed by atoms with Crippen LogP contribution >= 0.6 is 0 Å². The molecule has 0 spiro atoms. The summed E-state index contributed by atoms with van der Waals surface area (Å²) in [6.45, 7) is 3.99. The minimum Gasteiger partial charge on any atom is -0.493 e. The topological polar surface area (TPSA) is 51.3 Å². The molecule has 4 nitrogen and oxygen atoms in total. The van der Waals surface area contributed by atoms with Gasteiger partial charge in [-0.1, -0.05) is 13.8 Å². The normalized spacial score (nSPS) is 10.9. The Hall–Kier alpha value is -1.97. The van der Waals surface area contributed by atoms with Gasteiger partial charge in [-0.3, -0.25) is 4.79 Å². The highest BCUT2D eigenvalue weighted by Gasteiger charge is 2.13. The minimum absolute atomic E-state index is 0.0796. The maximum absolute atomic E-state index is 12.0. The molecule has 0 bridgehead atoms. The quantitative estimate of drug-likeness (QED) is 0.907. The summed E-state index contributed by atoms with van der Waals surface area (Å²) in [6.07, 6.45) is 0. The van der Waals surface area contributed by atoms with Gasteiger partial charge in [-0.15, -0.1) is 0 Å². The molecule has 1 N–H and O–H groups in total. The van der Waals surface area contributed by atoms with Crippen molar-refractivity contribution in [3.05, 3.63) is 34.1 Å². The fourth-order valence-electron chi connectivity index (χ4n) is 2.04. The van der Waals surface area contributed by atoms with Crippen molar-refractivity contribution in [2.75, 3.05) is 14.2 Å². The van der Waals surface area contributed by atoms with Crippen molar-refractivity contribution in [3.8, 4) is 11.5 Å². The van der Waals surface area contributed by atoms with Gasteiger partial charge in [0.1, 0.15) is 0 Å². The number of aromatic amines is 1. The molecule has 96 valence electrons. The third kappa shape index (κ3) is 1.94. The molecule has 0 aliphatic carbocycles. The van der Waals surface area contributed by atoms with E-state index in [1.807, 2.05) is 32.0 Å². The summed E-state index contributed by atoms with van der Waals surface area (Å²) in [6, 6.07) is 5.66. The van der Waals surface area contributed by atoms with Crippen LogP contribution in [0.5, 0.6) is 11.5 Å². The fraction of sp³-hybridized carbons (Fsp3) is 0.357. The van der Waals surface area contributed by atoms with Crippen molar-refractivity contribution in [1.29, 1.82) is 0 Å². The van der Waals surface area contributed by atoms with E-state index < -0.39 is 0 Å². The number of fused-ring (bicyclic) bond motifs is 1. The number of benzene rings is 1. The van der Waals surface area contributed by atoms with E-state index in [4.69, 9.17) is 9.47 Å². The number of pyridine rings is 1. The van der Waals surface area contributed by atoms with Gasteiger partial charge in [0.2, 0.25) is 0 Å². The molecule has 18 heavy (non-hydrogen) atoms. The van der Waals surface area contributed by atoms with E-state index in [1.54, 1.807) is 14.2 Å². The molecule has 0 saturated carbocycles. The maximum atomic E-state index is 12.0. The number of rotatable bonds is 3. The minimum atomic E-state index is -0.0796. The number of H-pyrrole nitrogens is 1. The van der Waals surface area contributed by atoms with Crippen LogP contribution in [0.3, 0.4) is 0 Å². The zero-order valence-electron chi connectivity index (χ0n) is 11.0. The molecule has 0 atom stereocenters. The lowest BCUT2D eigenvalue weighted by molar-refractivity contribution is 0.358. The van der Waals surface area contributed by atoms with E-state index in [9.17, 15) is 4.79 Å². The van der Waals surface area contributed by atoms with Crippen molar-refractivity contribution in [3.63, 3.8) is 0 Å². The Labute approximate surface area is 106 Å². The molecule has 0 unspecified atom stereocenters. The predicted octanol–water partition coefficient (Wildman–Crippen LogP) is 2.67. The van der Waals surface area contributed by atoms with Gasteiger partial charge in [0.15, 0.2) is 11.5 Å². The summed E-state index contributed by atoms with van der Waals surface area (Å²) in [5.74, 6) is 1.35. The van der Waals surface area contributed by atoms with Crippen LogP contribution < -0.4 is 15.0 Å². The van der Waals surface area contributed by atoms with Gasteiger partial charge in [0, 0.05) is 10.9 Å². The van der Waals surface area contributed by atoms with E-state index in [2.05, 4.69) is 4.98 Å². The molecule has 0 fully saturated rings. The highest BCUT2D eigenvalue weighted by molar-refractivity contribution is 5.87. The van der Waals surface area contributed by atoms with E-state index >= 15 is 0 Å². The Morgan fingerprint density at radius 1 is 1.17 bits per heavy atom. The average Bonchev–Trinajstić information content (AvgIpc) is 2.36. The Bertz CT molecular complexity index is 629. The Morgan fingerprint density at radius 2 is 1.89 bits per heavy atom. The number of aromatic nitrogens is 1. The zero-order valence-corrected chi connectivity index (χ0v) is 11.0. The molecular weight excluding hydrogens is 230 g/mol. The van der Waals surface area contributed by atoms with Gasteiger partial charge in [-0.25, -0.2) is 0 Å². The molecule has 1 aromatic carbocycles. The van der Waals surface area contributed by atoms with Crippen molar-refractivity contribution in [2.24, 2.45) is 0 Å². The Kier molecular flexibility index (Phi) is 3.28. The number of hydrogen-bond donors (Lipinski definition) is 1. The van der Waals surface area contributed by atoms with Gasteiger partial charge >= 0.3 is 0 Å². The van der Waals surface area contributed by atoms with Crippen molar-refractivity contribution < 1.29 is 9.47 Å². The summed E-state index contributed by atoms with van der Waals surface area (Å²) in [5.41, 5.74) is 1.37. The SMILES string of the molecule is COc1ccc2cc(C(C)C)c(=O)[nH]c2c1OC. The molecular formula is C14H17NO3. The standard InChI is InChI=1S/C14H17NO3/c1-8(2)10-7-9-5-6-11(17-3)13(18-4)12(9)15-14(10)16/h5-8H,1-4H3,(H,15,16). The molecule has 2 rings (SSSR count). The molecule has 0 amide bonds. The van der Waals surface area contributed by atoms with Gasteiger partial charge in [0.25, 0.3) is 5.56 Å². The Morgan fingerprint density at radius 3 is 2.44 bits per heavy atom. The first-order chi connectivity index (χ1) is 8.58. The molecule has 0 radical (unpaired) electrons. The van der Waals surface area contributed by atoms with Crippen molar-refractivity contribution in [1.82, 2.24) is 4.98 Å². The first-order valence-corrected chi connectivity index (χ1v) is 5.86. The van der Waals surface area contributed by atoms with Crippen LogP contribution in [0, 0.1) is 0 Å². The number of hydrogen-bond acceptors (Lipinski definition) is 3. The average molecular weight is 247 g/mol. The number of nitrogens with one attached hydrogen (secondary N) is 1. The number of methoxy groups -OCH3 is 2. The third-order valence-electron chi connectivity index (χ3n) is 3.01. The van der Waals surface area contributed by atoms with E-state index in [1.165, 1.54) is 0 Å². The number of ether oxygens (including phenoxy) is 2. The van der Waals surface area contributed by atoms with E-state index in [0.29, 0.717) is 17.0 Å². The lowest BCUT2D eigenvalue weighted by Gasteiger charge is -2.12. The monoisotopic (exact) mass is 247 g/mol. The molecule has 4 heteroatoms. The molecule has 0 aliphatic heterocycles.